The summed E-state index contributed by atoms with van der Waals surface area (Å²) in [5, 5.41) is 8.50. The molecule has 0 amide bonds. The summed E-state index contributed by atoms with van der Waals surface area (Å²) in [4.78, 5) is 14.7. The smallest absolute Gasteiger partial charge is 0.303 e. The van der Waals surface area contributed by atoms with Crippen molar-refractivity contribution in [2.24, 2.45) is 10.9 Å². The summed E-state index contributed by atoms with van der Waals surface area (Å²) in [5.41, 5.74) is 0. The Morgan fingerprint density at radius 1 is 1.71 bits per heavy atom. The lowest BCUT2D eigenvalue weighted by Crippen LogP contribution is -2.08. The van der Waals surface area contributed by atoms with Gasteiger partial charge in [-0.15, -0.1) is 0 Å². The first-order chi connectivity index (χ1) is 6.58. The van der Waals surface area contributed by atoms with Crippen LogP contribution >= 0.6 is 0 Å². The van der Waals surface area contributed by atoms with E-state index < -0.39 is 5.97 Å². The number of nitrogens with zero attached hydrogens (tertiary/aromatic N) is 1. The second kappa shape index (κ2) is 4.98. The highest BCUT2D eigenvalue weighted by molar-refractivity contribution is 5.78. The molecular weight excluding hydrogens is 182 g/mol. The molecule has 1 aliphatic heterocycles. The molecule has 1 rings (SSSR count). The van der Waals surface area contributed by atoms with Gasteiger partial charge in [0.15, 0.2) is 5.90 Å². The zero-order valence-corrected chi connectivity index (χ0v) is 8.69. The molecule has 0 saturated heterocycles. The average molecular weight is 199 g/mol. The number of hydrogen-bond acceptors (Lipinski definition) is 3. The fourth-order valence-corrected chi connectivity index (χ4v) is 1.37. The Labute approximate surface area is 84.0 Å². The molecule has 1 unspecified atom stereocenters. The predicted molar refractivity (Wildman–Crippen MR) is 53.5 cm³/mol. The Morgan fingerprint density at radius 3 is 3.00 bits per heavy atom. The number of ether oxygens (including phenoxy) is 1. The van der Waals surface area contributed by atoms with Gasteiger partial charge in [-0.3, -0.25) is 4.79 Å². The van der Waals surface area contributed by atoms with Crippen LogP contribution in [0.2, 0.25) is 0 Å². The van der Waals surface area contributed by atoms with Gasteiger partial charge in [-0.05, 0) is 12.3 Å². The zero-order valence-electron chi connectivity index (χ0n) is 8.69. The maximum absolute atomic E-state index is 10.3. The molecular formula is C10H17NO3. The van der Waals surface area contributed by atoms with Crippen molar-refractivity contribution in [2.45, 2.75) is 39.2 Å². The van der Waals surface area contributed by atoms with Crippen LogP contribution in [0.5, 0.6) is 0 Å². The van der Waals surface area contributed by atoms with Crippen LogP contribution in [0.1, 0.15) is 33.1 Å². The molecule has 0 radical (unpaired) electrons. The molecule has 0 aromatic rings. The van der Waals surface area contributed by atoms with Crippen LogP contribution in [0.4, 0.5) is 0 Å². The highest BCUT2D eigenvalue weighted by Crippen LogP contribution is 2.14. The van der Waals surface area contributed by atoms with Gasteiger partial charge in [0, 0.05) is 12.8 Å². The van der Waals surface area contributed by atoms with Crippen LogP contribution in [-0.2, 0) is 9.53 Å². The molecule has 0 saturated carbocycles. The van der Waals surface area contributed by atoms with Crippen LogP contribution in [0.25, 0.3) is 0 Å². The van der Waals surface area contributed by atoms with Crippen LogP contribution in [0.3, 0.4) is 0 Å². The molecule has 0 spiro atoms. The van der Waals surface area contributed by atoms with Crippen molar-refractivity contribution in [2.75, 3.05) is 6.61 Å². The largest absolute Gasteiger partial charge is 0.481 e. The monoisotopic (exact) mass is 199 g/mol. The highest BCUT2D eigenvalue weighted by Gasteiger charge is 2.19. The van der Waals surface area contributed by atoms with Gasteiger partial charge in [-0.1, -0.05) is 13.8 Å². The molecule has 1 heterocycles. The van der Waals surface area contributed by atoms with Crippen molar-refractivity contribution in [3.8, 4) is 0 Å². The van der Waals surface area contributed by atoms with E-state index in [1.54, 1.807) is 0 Å². The van der Waals surface area contributed by atoms with Gasteiger partial charge in [-0.2, -0.15) is 0 Å². The van der Waals surface area contributed by atoms with Gasteiger partial charge in [-0.25, -0.2) is 4.99 Å². The second-order valence-corrected chi connectivity index (χ2v) is 4.02. The van der Waals surface area contributed by atoms with Crippen molar-refractivity contribution in [3.63, 3.8) is 0 Å². The van der Waals surface area contributed by atoms with Gasteiger partial charge < -0.3 is 9.84 Å². The van der Waals surface area contributed by atoms with Crippen molar-refractivity contribution < 1.29 is 14.6 Å². The molecule has 80 valence electrons. The van der Waals surface area contributed by atoms with Gasteiger partial charge in [0.25, 0.3) is 0 Å². The molecule has 4 nitrogen and oxygen atoms in total. The van der Waals surface area contributed by atoms with E-state index in [-0.39, 0.29) is 12.5 Å². The van der Waals surface area contributed by atoms with Gasteiger partial charge in [0.2, 0.25) is 0 Å². The lowest BCUT2D eigenvalue weighted by molar-refractivity contribution is -0.137. The number of aliphatic imine (C=N–C) groups is 1. The van der Waals surface area contributed by atoms with Crippen LogP contribution in [-0.4, -0.2) is 29.6 Å². The number of carboxylic acid groups (broad SMARTS) is 1. The normalized spacial score (nSPS) is 20.8. The maximum Gasteiger partial charge on any atom is 0.303 e. The topological polar surface area (TPSA) is 58.9 Å². The molecule has 14 heavy (non-hydrogen) atoms. The summed E-state index contributed by atoms with van der Waals surface area (Å²) in [6, 6.07) is 0.0554. The quantitative estimate of drug-likeness (QED) is 0.733. The van der Waals surface area contributed by atoms with Crippen molar-refractivity contribution in [3.05, 3.63) is 0 Å². The van der Waals surface area contributed by atoms with Crippen molar-refractivity contribution in [1.29, 1.82) is 0 Å². The third-order valence-electron chi connectivity index (χ3n) is 2.04. The molecule has 1 atom stereocenters. The number of hydrogen-bond donors (Lipinski definition) is 1. The minimum atomic E-state index is -0.766. The Kier molecular flexibility index (Phi) is 3.92. The third kappa shape index (κ3) is 3.77. The molecule has 0 aromatic heterocycles. The van der Waals surface area contributed by atoms with Crippen LogP contribution in [0, 0.1) is 5.92 Å². The standard InChI is InChI=1S/C10H17NO3/c1-7(2)5-9-11-8(6-14-9)3-4-10(12)13/h7-8H,3-6H2,1-2H3,(H,12,13). The summed E-state index contributed by atoms with van der Waals surface area (Å²) in [5.74, 6) is 0.555. The number of carboxylic acids is 1. The number of rotatable bonds is 5. The minimum Gasteiger partial charge on any atom is -0.481 e. The van der Waals surface area contributed by atoms with E-state index in [4.69, 9.17) is 9.84 Å². The summed E-state index contributed by atoms with van der Waals surface area (Å²) in [6.45, 7) is 4.77. The fourth-order valence-electron chi connectivity index (χ4n) is 1.37. The SMILES string of the molecule is CC(C)CC1=NC(CCC(=O)O)CO1. The first-order valence-electron chi connectivity index (χ1n) is 4.99. The van der Waals surface area contributed by atoms with E-state index in [0.29, 0.717) is 18.9 Å². The van der Waals surface area contributed by atoms with E-state index in [1.165, 1.54) is 0 Å². The van der Waals surface area contributed by atoms with E-state index >= 15 is 0 Å². The van der Waals surface area contributed by atoms with Gasteiger partial charge >= 0.3 is 5.97 Å². The van der Waals surface area contributed by atoms with Crippen LogP contribution in [0.15, 0.2) is 4.99 Å². The fraction of sp³-hybridized carbons (Fsp3) is 0.800. The Morgan fingerprint density at radius 2 is 2.43 bits per heavy atom. The highest BCUT2D eigenvalue weighted by atomic mass is 16.5. The van der Waals surface area contributed by atoms with E-state index in [2.05, 4.69) is 18.8 Å². The molecule has 4 heteroatoms. The minimum absolute atomic E-state index is 0.0554. The molecule has 0 bridgehead atoms. The Bertz CT molecular complexity index is 236. The number of carbonyl (C=O) groups is 1. The Hall–Kier alpha value is -1.06. The van der Waals surface area contributed by atoms with E-state index in [1.807, 2.05) is 0 Å². The predicted octanol–water partition coefficient (Wildman–Crippen LogP) is 1.69. The lowest BCUT2D eigenvalue weighted by Gasteiger charge is -2.02. The molecule has 0 aromatic carbocycles. The van der Waals surface area contributed by atoms with E-state index in [0.717, 1.165) is 12.3 Å². The average Bonchev–Trinajstić information content (AvgIpc) is 2.47. The van der Waals surface area contributed by atoms with Gasteiger partial charge in [0.1, 0.15) is 6.61 Å². The third-order valence-corrected chi connectivity index (χ3v) is 2.04. The summed E-state index contributed by atoms with van der Waals surface area (Å²) < 4.78 is 5.37. The molecule has 0 aliphatic carbocycles. The number of aliphatic carboxylic acids is 1. The van der Waals surface area contributed by atoms with Crippen molar-refractivity contribution in [1.82, 2.24) is 0 Å². The zero-order chi connectivity index (χ0) is 10.6. The molecule has 1 N–H and O–H groups in total. The van der Waals surface area contributed by atoms with Gasteiger partial charge in [0.05, 0.1) is 6.04 Å². The lowest BCUT2D eigenvalue weighted by atomic mass is 10.1. The maximum atomic E-state index is 10.3. The first-order valence-corrected chi connectivity index (χ1v) is 4.99. The Balaban J connectivity index is 2.30. The second-order valence-electron chi connectivity index (χ2n) is 4.02. The summed E-state index contributed by atoms with van der Waals surface area (Å²) >= 11 is 0. The molecule has 0 fully saturated rings. The molecule has 1 aliphatic rings. The first kappa shape index (κ1) is 11.0. The summed E-state index contributed by atoms with van der Waals surface area (Å²) in [7, 11) is 0. The summed E-state index contributed by atoms with van der Waals surface area (Å²) in [6.07, 6.45) is 1.60. The van der Waals surface area contributed by atoms with E-state index in [9.17, 15) is 4.79 Å². The van der Waals surface area contributed by atoms with Crippen LogP contribution < -0.4 is 0 Å². The van der Waals surface area contributed by atoms with Crippen molar-refractivity contribution >= 4 is 11.9 Å².